The molecule has 0 aliphatic rings. The molecule has 2 rings (SSSR count). The minimum Gasteiger partial charge on any atom is -0.356 e. The van der Waals surface area contributed by atoms with E-state index in [4.69, 9.17) is 5.73 Å². The number of hydrogen-bond acceptors (Lipinski definition) is 2. The number of aromatic nitrogens is 1. The van der Waals surface area contributed by atoms with Crippen LogP contribution >= 0.6 is 0 Å². The number of benzene rings is 1. The van der Waals surface area contributed by atoms with Crippen molar-refractivity contribution in [1.29, 1.82) is 0 Å². The Morgan fingerprint density at radius 2 is 2.16 bits per heavy atom. The molecule has 3 N–H and O–H groups in total. The van der Waals surface area contributed by atoms with E-state index in [1.54, 1.807) is 0 Å². The van der Waals surface area contributed by atoms with Crippen molar-refractivity contribution in [3.05, 3.63) is 36.5 Å². The molecule has 0 saturated carbocycles. The average Bonchev–Trinajstić information content (AvgIpc) is 2.77. The second kappa shape index (κ2) is 6.38. The lowest BCUT2D eigenvalue weighted by molar-refractivity contribution is -0.121. The van der Waals surface area contributed by atoms with Crippen molar-refractivity contribution in [3.8, 4) is 0 Å². The van der Waals surface area contributed by atoms with Crippen molar-refractivity contribution in [1.82, 2.24) is 9.88 Å². The molecule has 0 fully saturated rings. The first-order valence-corrected chi connectivity index (χ1v) is 6.73. The highest BCUT2D eigenvalue weighted by Crippen LogP contribution is 2.15. The van der Waals surface area contributed by atoms with Gasteiger partial charge >= 0.3 is 0 Å². The van der Waals surface area contributed by atoms with Crippen LogP contribution in [0, 0.1) is 0 Å². The van der Waals surface area contributed by atoms with Gasteiger partial charge in [0.2, 0.25) is 5.91 Å². The number of nitrogens with two attached hydrogens (primary N) is 1. The minimum absolute atomic E-state index is 0.0346. The van der Waals surface area contributed by atoms with E-state index < -0.39 is 0 Å². The molecule has 1 amide bonds. The normalized spacial score (nSPS) is 12.5. The van der Waals surface area contributed by atoms with Crippen molar-refractivity contribution < 1.29 is 4.79 Å². The Bertz CT molecular complexity index is 545. The van der Waals surface area contributed by atoms with Gasteiger partial charge in [-0.25, -0.2) is 0 Å². The summed E-state index contributed by atoms with van der Waals surface area (Å²) in [7, 11) is 0. The van der Waals surface area contributed by atoms with Crippen molar-refractivity contribution >= 4 is 16.8 Å². The number of nitrogens with one attached hydrogen (secondary N) is 1. The first kappa shape index (κ1) is 13.6. The topological polar surface area (TPSA) is 60.1 Å². The van der Waals surface area contributed by atoms with Crippen molar-refractivity contribution in [2.75, 3.05) is 6.54 Å². The molecule has 1 aromatic carbocycles. The van der Waals surface area contributed by atoms with E-state index in [1.165, 1.54) is 10.9 Å². The number of carbonyl (C=O) groups is 1. The number of aryl methyl sites for hydroxylation is 1. The van der Waals surface area contributed by atoms with Crippen LogP contribution in [0.15, 0.2) is 36.5 Å². The Labute approximate surface area is 113 Å². The zero-order valence-electron chi connectivity index (χ0n) is 11.3. The van der Waals surface area contributed by atoms with E-state index in [9.17, 15) is 4.79 Å². The minimum atomic E-state index is -0.0756. The number of nitrogens with zero attached hydrogens (tertiary/aromatic N) is 1. The van der Waals surface area contributed by atoms with Gasteiger partial charge in [0.1, 0.15) is 0 Å². The van der Waals surface area contributed by atoms with Gasteiger partial charge in [0.25, 0.3) is 0 Å². The third-order valence-electron chi connectivity index (χ3n) is 3.09. The maximum atomic E-state index is 11.4. The van der Waals surface area contributed by atoms with E-state index in [0.717, 1.165) is 13.0 Å². The molecular formula is C15H21N3O. The summed E-state index contributed by atoms with van der Waals surface area (Å²) in [5.74, 6) is 0.0346. The zero-order valence-corrected chi connectivity index (χ0v) is 11.3. The van der Waals surface area contributed by atoms with Crippen LogP contribution in [-0.2, 0) is 11.3 Å². The first-order chi connectivity index (χ1) is 9.16. The second-order valence-electron chi connectivity index (χ2n) is 4.95. The zero-order chi connectivity index (χ0) is 13.7. The largest absolute Gasteiger partial charge is 0.356 e. The van der Waals surface area contributed by atoms with Crippen molar-refractivity contribution in [2.45, 2.75) is 32.4 Å². The summed E-state index contributed by atoms with van der Waals surface area (Å²) in [4.78, 5) is 11.4. The Kier molecular flexibility index (Phi) is 4.58. The van der Waals surface area contributed by atoms with Gasteiger partial charge in [-0.15, -0.1) is 0 Å². The SMILES string of the molecule is CC(N)CC(=O)NCCCn1ccc2ccccc21. The van der Waals surface area contributed by atoms with Crippen molar-refractivity contribution in [2.24, 2.45) is 5.73 Å². The monoisotopic (exact) mass is 259 g/mol. The molecule has 4 heteroatoms. The van der Waals surface area contributed by atoms with Crippen LogP contribution in [0.1, 0.15) is 19.8 Å². The molecule has 102 valence electrons. The average molecular weight is 259 g/mol. The van der Waals surface area contributed by atoms with Gasteiger partial charge in [-0.2, -0.15) is 0 Å². The Morgan fingerprint density at radius 3 is 2.95 bits per heavy atom. The molecule has 0 radical (unpaired) electrons. The lowest BCUT2D eigenvalue weighted by Gasteiger charge is -2.08. The molecular weight excluding hydrogens is 238 g/mol. The quantitative estimate of drug-likeness (QED) is 0.778. The van der Waals surface area contributed by atoms with Crippen LogP contribution in [0.2, 0.25) is 0 Å². The smallest absolute Gasteiger partial charge is 0.221 e. The van der Waals surface area contributed by atoms with Gasteiger partial charge < -0.3 is 15.6 Å². The van der Waals surface area contributed by atoms with Crippen LogP contribution in [0.5, 0.6) is 0 Å². The summed E-state index contributed by atoms with van der Waals surface area (Å²) in [5, 5.41) is 4.15. The van der Waals surface area contributed by atoms with E-state index in [2.05, 4.69) is 34.3 Å². The van der Waals surface area contributed by atoms with Crippen LogP contribution in [0.25, 0.3) is 10.9 Å². The number of amides is 1. The van der Waals surface area contributed by atoms with E-state index >= 15 is 0 Å². The summed E-state index contributed by atoms with van der Waals surface area (Å²) < 4.78 is 2.22. The molecule has 0 aliphatic heterocycles. The highest BCUT2D eigenvalue weighted by molar-refractivity contribution is 5.79. The molecule has 1 atom stereocenters. The molecule has 1 unspecified atom stereocenters. The lowest BCUT2D eigenvalue weighted by Crippen LogP contribution is -2.30. The predicted octanol–water partition coefficient (Wildman–Crippen LogP) is 1.88. The molecule has 1 aromatic heterocycles. The fourth-order valence-electron chi connectivity index (χ4n) is 2.18. The Morgan fingerprint density at radius 1 is 1.37 bits per heavy atom. The highest BCUT2D eigenvalue weighted by atomic mass is 16.1. The number of hydrogen-bond donors (Lipinski definition) is 2. The van der Waals surface area contributed by atoms with Crippen LogP contribution < -0.4 is 11.1 Å². The van der Waals surface area contributed by atoms with Gasteiger partial charge in [0.15, 0.2) is 0 Å². The molecule has 2 aromatic rings. The second-order valence-corrected chi connectivity index (χ2v) is 4.95. The van der Waals surface area contributed by atoms with Crippen molar-refractivity contribution in [3.63, 3.8) is 0 Å². The lowest BCUT2D eigenvalue weighted by atomic mass is 10.2. The highest BCUT2D eigenvalue weighted by Gasteiger charge is 2.04. The first-order valence-electron chi connectivity index (χ1n) is 6.73. The molecule has 0 saturated heterocycles. The fourth-order valence-corrected chi connectivity index (χ4v) is 2.18. The molecule has 1 heterocycles. The maximum Gasteiger partial charge on any atom is 0.221 e. The summed E-state index contributed by atoms with van der Waals surface area (Å²) in [6.45, 7) is 3.44. The molecule has 19 heavy (non-hydrogen) atoms. The van der Waals surface area contributed by atoms with E-state index in [1.807, 2.05) is 19.1 Å². The number of carbonyl (C=O) groups excluding carboxylic acids is 1. The summed E-state index contributed by atoms with van der Waals surface area (Å²) >= 11 is 0. The maximum absolute atomic E-state index is 11.4. The number of rotatable bonds is 6. The molecule has 4 nitrogen and oxygen atoms in total. The summed E-state index contributed by atoms with van der Waals surface area (Å²) in [6.07, 6.45) is 3.41. The molecule has 0 spiro atoms. The standard InChI is InChI=1S/C15H21N3O/c1-12(16)11-15(19)17-8-4-9-18-10-7-13-5-2-3-6-14(13)18/h2-3,5-7,10,12H,4,8-9,11,16H2,1H3,(H,17,19). The van der Waals surface area contributed by atoms with Crippen LogP contribution in [-0.4, -0.2) is 23.1 Å². The summed E-state index contributed by atoms with van der Waals surface area (Å²) in [6, 6.07) is 10.3. The van der Waals surface area contributed by atoms with Gasteiger partial charge in [-0.1, -0.05) is 18.2 Å². The van der Waals surface area contributed by atoms with Gasteiger partial charge in [-0.05, 0) is 30.9 Å². The Balaban J connectivity index is 1.78. The third kappa shape index (κ3) is 3.83. The Hall–Kier alpha value is -1.81. The van der Waals surface area contributed by atoms with Crippen LogP contribution in [0.3, 0.4) is 0 Å². The molecule has 0 aliphatic carbocycles. The summed E-state index contributed by atoms with van der Waals surface area (Å²) in [5.41, 5.74) is 6.81. The fraction of sp³-hybridized carbons (Fsp3) is 0.400. The van der Waals surface area contributed by atoms with E-state index in [0.29, 0.717) is 13.0 Å². The third-order valence-corrected chi connectivity index (χ3v) is 3.09. The van der Waals surface area contributed by atoms with E-state index in [-0.39, 0.29) is 11.9 Å². The predicted molar refractivity (Wildman–Crippen MR) is 77.8 cm³/mol. The van der Waals surface area contributed by atoms with Crippen LogP contribution in [0.4, 0.5) is 0 Å². The van der Waals surface area contributed by atoms with Gasteiger partial charge in [0.05, 0.1) is 0 Å². The molecule has 0 bridgehead atoms. The van der Waals surface area contributed by atoms with Gasteiger partial charge in [0, 0.05) is 37.3 Å². The number of fused-ring (bicyclic) bond motifs is 1. The number of para-hydroxylation sites is 1. The van der Waals surface area contributed by atoms with Gasteiger partial charge in [-0.3, -0.25) is 4.79 Å².